The van der Waals surface area contributed by atoms with E-state index in [2.05, 4.69) is 0 Å². The topological polar surface area (TPSA) is 43.1 Å². The van der Waals surface area contributed by atoms with Crippen LogP contribution >= 0.6 is 0 Å². The summed E-state index contributed by atoms with van der Waals surface area (Å²) in [5.41, 5.74) is 3.27. The summed E-state index contributed by atoms with van der Waals surface area (Å²) in [5, 5.41) is 0. The molecule has 0 aromatic heterocycles. The third-order valence-electron chi connectivity index (χ3n) is 2.86. The predicted octanol–water partition coefficient (Wildman–Crippen LogP) is 3.75. The highest BCUT2D eigenvalue weighted by atomic mass is 19.4. The molecule has 0 aliphatic heterocycles. The molecule has 7 heteroatoms. The summed E-state index contributed by atoms with van der Waals surface area (Å²) in [6, 6.07) is 5.03. The number of nitrogens with two attached hydrogens (primary N) is 1. The molecule has 2 rings (SSSR count). The highest BCUT2D eigenvalue weighted by Crippen LogP contribution is 2.33. The summed E-state index contributed by atoms with van der Waals surface area (Å²) < 4.78 is 64.5. The molecule has 0 saturated heterocycles. The fourth-order valence-electron chi connectivity index (χ4n) is 1.86. The van der Waals surface area contributed by atoms with Crippen LogP contribution in [0.2, 0.25) is 0 Å². The number of carbonyl (C=O) groups excluding carboxylic acids is 1. The third kappa shape index (κ3) is 2.86. The van der Waals surface area contributed by atoms with Crippen molar-refractivity contribution < 1.29 is 26.7 Å². The van der Waals surface area contributed by atoms with E-state index in [9.17, 15) is 26.7 Å². The van der Waals surface area contributed by atoms with Crippen molar-refractivity contribution in [2.45, 2.75) is 6.18 Å². The summed E-state index contributed by atoms with van der Waals surface area (Å²) in [6.45, 7) is 0. The van der Waals surface area contributed by atoms with Crippen molar-refractivity contribution in [3.8, 4) is 11.1 Å². The van der Waals surface area contributed by atoms with Crippen LogP contribution in [0, 0.1) is 11.6 Å². The number of hydrogen-bond donors (Lipinski definition) is 1. The lowest BCUT2D eigenvalue weighted by Gasteiger charge is -2.11. The molecule has 0 aliphatic rings. The minimum atomic E-state index is -4.55. The second-order valence-corrected chi connectivity index (χ2v) is 4.22. The lowest BCUT2D eigenvalue weighted by Crippen LogP contribution is -2.14. The predicted molar refractivity (Wildman–Crippen MR) is 65.3 cm³/mol. The van der Waals surface area contributed by atoms with Gasteiger partial charge < -0.3 is 5.73 Å². The summed E-state index contributed by atoms with van der Waals surface area (Å²) in [7, 11) is 0. The van der Waals surface area contributed by atoms with E-state index < -0.39 is 34.8 Å². The molecule has 110 valence electrons. The Bertz CT molecular complexity index is 692. The standard InChI is InChI=1S/C14H8F5NO/c15-10-6-5-9(13(20)21)11(12(10)16)7-1-3-8(4-2-7)14(17,18)19/h1-6H,(H2,20,21). The highest BCUT2D eigenvalue weighted by molar-refractivity contribution is 6.00. The highest BCUT2D eigenvalue weighted by Gasteiger charge is 2.30. The number of carbonyl (C=O) groups is 1. The Morgan fingerprint density at radius 2 is 1.52 bits per heavy atom. The van der Waals surface area contributed by atoms with Crippen LogP contribution in [0.15, 0.2) is 36.4 Å². The molecule has 2 nitrogen and oxygen atoms in total. The maximum absolute atomic E-state index is 13.8. The van der Waals surface area contributed by atoms with Gasteiger partial charge >= 0.3 is 6.18 Å². The van der Waals surface area contributed by atoms with E-state index in [1.807, 2.05) is 0 Å². The van der Waals surface area contributed by atoms with Crippen molar-refractivity contribution in [1.82, 2.24) is 0 Å². The Morgan fingerprint density at radius 3 is 2.00 bits per heavy atom. The van der Waals surface area contributed by atoms with Crippen LogP contribution in [0.3, 0.4) is 0 Å². The van der Waals surface area contributed by atoms with Gasteiger partial charge in [-0.3, -0.25) is 4.79 Å². The Kier molecular flexibility index (Phi) is 3.67. The summed E-state index contributed by atoms with van der Waals surface area (Å²) in [5.74, 6) is -3.58. The number of rotatable bonds is 2. The molecule has 0 heterocycles. The fourth-order valence-corrected chi connectivity index (χ4v) is 1.86. The molecule has 1 amide bonds. The van der Waals surface area contributed by atoms with Gasteiger partial charge in [-0.25, -0.2) is 8.78 Å². The molecule has 0 spiro atoms. The lowest BCUT2D eigenvalue weighted by atomic mass is 9.97. The maximum Gasteiger partial charge on any atom is 0.416 e. The summed E-state index contributed by atoms with van der Waals surface area (Å²) >= 11 is 0. The SMILES string of the molecule is NC(=O)c1ccc(F)c(F)c1-c1ccc(C(F)(F)F)cc1. The summed E-state index contributed by atoms with van der Waals surface area (Å²) in [6.07, 6.45) is -4.55. The van der Waals surface area contributed by atoms with Crippen molar-refractivity contribution in [3.63, 3.8) is 0 Å². The number of amides is 1. The van der Waals surface area contributed by atoms with Gasteiger partial charge in [0.25, 0.3) is 0 Å². The zero-order valence-corrected chi connectivity index (χ0v) is 10.3. The van der Waals surface area contributed by atoms with Crippen molar-refractivity contribution >= 4 is 5.91 Å². The van der Waals surface area contributed by atoms with E-state index in [-0.39, 0.29) is 11.1 Å². The Morgan fingerprint density at radius 1 is 0.952 bits per heavy atom. The van der Waals surface area contributed by atoms with Gasteiger partial charge in [0, 0.05) is 5.56 Å². The van der Waals surface area contributed by atoms with E-state index in [4.69, 9.17) is 5.73 Å². The number of primary amides is 1. The zero-order valence-electron chi connectivity index (χ0n) is 10.3. The van der Waals surface area contributed by atoms with Crippen molar-refractivity contribution in [2.24, 2.45) is 5.73 Å². The largest absolute Gasteiger partial charge is 0.416 e. The molecule has 2 aromatic rings. The molecule has 21 heavy (non-hydrogen) atoms. The minimum absolute atomic E-state index is 0.0752. The fraction of sp³-hybridized carbons (Fsp3) is 0.0714. The van der Waals surface area contributed by atoms with Crippen LogP contribution in [-0.4, -0.2) is 5.91 Å². The minimum Gasteiger partial charge on any atom is -0.366 e. The van der Waals surface area contributed by atoms with Crippen LogP contribution in [0.4, 0.5) is 22.0 Å². The van der Waals surface area contributed by atoms with Gasteiger partial charge in [0.15, 0.2) is 11.6 Å². The van der Waals surface area contributed by atoms with Crippen LogP contribution in [0.25, 0.3) is 11.1 Å². The molecule has 2 N–H and O–H groups in total. The number of benzene rings is 2. The normalized spacial score (nSPS) is 11.5. The lowest BCUT2D eigenvalue weighted by molar-refractivity contribution is -0.137. The van der Waals surface area contributed by atoms with Gasteiger partial charge in [-0.2, -0.15) is 13.2 Å². The number of alkyl halides is 3. The number of halogens is 5. The monoisotopic (exact) mass is 301 g/mol. The first-order valence-electron chi connectivity index (χ1n) is 5.67. The molecular formula is C14H8F5NO. The third-order valence-corrected chi connectivity index (χ3v) is 2.86. The van der Waals surface area contributed by atoms with Crippen LogP contribution in [0.1, 0.15) is 15.9 Å². The first kappa shape index (κ1) is 15.0. The Hall–Kier alpha value is -2.44. The van der Waals surface area contributed by atoms with Crippen LogP contribution in [-0.2, 0) is 6.18 Å². The average molecular weight is 301 g/mol. The van der Waals surface area contributed by atoms with Gasteiger partial charge in [-0.15, -0.1) is 0 Å². The maximum atomic E-state index is 13.8. The first-order chi connectivity index (χ1) is 9.71. The van der Waals surface area contributed by atoms with Crippen molar-refractivity contribution in [1.29, 1.82) is 0 Å². The van der Waals surface area contributed by atoms with E-state index in [0.717, 1.165) is 24.3 Å². The molecule has 0 bridgehead atoms. The van der Waals surface area contributed by atoms with Crippen LogP contribution < -0.4 is 5.73 Å². The van der Waals surface area contributed by atoms with Crippen LogP contribution in [0.5, 0.6) is 0 Å². The van der Waals surface area contributed by atoms with Gasteiger partial charge in [0.05, 0.1) is 11.1 Å². The molecule has 2 aromatic carbocycles. The quantitative estimate of drug-likeness (QED) is 0.843. The van der Waals surface area contributed by atoms with E-state index in [0.29, 0.717) is 12.1 Å². The molecule has 0 saturated carbocycles. The van der Waals surface area contributed by atoms with Gasteiger partial charge in [0.1, 0.15) is 0 Å². The molecule has 0 radical (unpaired) electrons. The van der Waals surface area contributed by atoms with Crippen molar-refractivity contribution in [2.75, 3.05) is 0 Å². The van der Waals surface area contributed by atoms with E-state index in [1.54, 1.807) is 0 Å². The molecule has 0 atom stereocenters. The van der Waals surface area contributed by atoms with E-state index >= 15 is 0 Å². The smallest absolute Gasteiger partial charge is 0.366 e. The molecular weight excluding hydrogens is 293 g/mol. The zero-order chi connectivity index (χ0) is 15.8. The Labute approximate surface area is 116 Å². The summed E-state index contributed by atoms with van der Waals surface area (Å²) in [4.78, 5) is 11.2. The first-order valence-corrected chi connectivity index (χ1v) is 5.67. The van der Waals surface area contributed by atoms with Gasteiger partial charge in [-0.1, -0.05) is 12.1 Å². The van der Waals surface area contributed by atoms with E-state index in [1.165, 1.54) is 0 Å². The van der Waals surface area contributed by atoms with Gasteiger partial charge in [-0.05, 0) is 29.8 Å². The second-order valence-electron chi connectivity index (χ2n) is 4.22. The Balaban J connectivity index is 2.61. The average Bonchev–Trinajstić information content (AvgIpc) is 2.40. The molecule has 0 fully saturated rings. The van der Waals surface area contributed by atoms with Gasteiger partial charge in [0.2, 0.25) is 5.91 Å². The second kappa shape index (κ2) is 5.16. The molecule has 0 aliphatic carbocycles. The molecule has 0 unspecified atom stereocenters. The van der Waals surface area contributed by atoms with Crippen molar-refractivity contribution in [3.05, 3.63) is 59.2 Å². The number of hydrogen-bond acceptors (Lipinski definition) is 1.